The molecule has 0 unspecified atom stereocenters. The largest absolute Gasteiger partial charge is 0.495 e. The Kier molecular flexibility index (Phi) is 4.09. The quantitative estimate of drug-likeness (QED) is 0.786. The molecule has 1 aromatic carbocycles. The minimum atomic E-state index is -1.53. The van der Waals surface area contributed by atoms with Crippen LogP contribution in [-0.4, -0.2) is 24.1 Å². The number of rotatable bonds is 3. The first-order valence-electron chi connectivity index (χ1n) is 5.18. The number of aliphatic carboxylic acids is 1. The number of methoxy groups -OCH3 is 1. The van der Waals surface area contributed by atoms with Crippen LogP contribution in [0.15, 0.2) is 18.2 Å². The summed E-state index contributed by atoms with van der Waals surface area (Å²) >= 11 is 0. The van der Waals surface area contributed by atoms with E-state index in [0.717, 1.165) is 5.56 Å². The molecule has 0 spiro atoms. The number of carboxylic acid groups (broad SMARTS) is 1. The molecule has 0 radical (unpaired) electrons. The molecule has 5 nitrogen and oxygen atoms in total. The highest BCUT2D eigenvalue weighted by molar-refractivity contribution is 6.36. The molecule has 0 aromatic heterocycles. The molecule has 0 atom stereocenters. The third-order valence-electron chi connectivity index (χ3n) is 2.33. The molecule has 0 bridgehead atoms. The maximum absolute atomic E-state index is 11.0. The molecule has 0 heterocycles. The van der Waals surface area contributed by atoms with Crippen molar-refractivity contribution in [2.45, 2.75) is 19.8 Å². The van der Waals surface area contributed by atoms with Gasteiger partial charge in [-0.05, 0) is 23.6 Å². The molecule has 0 aliphatic rings. The van der Waals surface area contributed by atoms with Crippen molar-refractivity contribution in [1.82, 2.24) is 0 Å². The molecule has 1 aromatic rings. The number of benzene rings is 1. The minimum absolute atomic E-state index is 0.327. The summed E-state index contributed by atoms with van der Waals surface area (Å²) in [5.41, 5.74) is 1.40. The predicted molar refractivity (Wildman–Crippen MR) is 63.3 cm³/mol. The van der Waals surface area contributed by atoms with Crippen LogP contribution in [-0.2, 0) is 9.59 Å². The number of anilines is 1. The zero-order chi connectivity index (χ0) is 13.0. The Morgan fingerprint density at radius 1 is 1.35 bits per heavy atom. The van der Waals surface area contributed by atoms with Crippen LogP contribution in [0.2, 0.25) is 0 Å². The fourth-order valence-corrected chi connectivity index (χ4v) is 1.35. The molecule has 5 heteroatoms. The normalized spacial score (nSPS) is 10.1. The number of amides is 1. The average molecular weight is 237 g/mol. The second kappa shape index (κ2) is 5.34. The zero-order valence-corrected chi connectivity index (χ0v) is 9.98. The summed E-state index contributed by atoms with van der Waals surface area (Å²) in [6.07, 6.45) is 0. The van der Waals surface area contributed by atoms with Crippen molar-refractivity contribution in [3.05, 3.63) is 23.8 Å². The van der Waals surface area contributed by atoms with Crippen LogP contribution in [0.25, 0.3) is 0 Å². The van der Waals surface area contributed by atoms with Crippen molar-refractivity contribution in [3.63, 3.8) is 0 Å². The van der Waals surface area contributed by atoms with Crippen LogP contribution in [0.3, 0.4) is 0 Å². The molecular weight excluding hydrogens is 222 g/mol. The molecule has 1 rings (SSSR count). The standard InChI is InChI=1S/C12H15NO4/c1-7(2)8-4-5-9(10(6-8)17-3)13-11(14)12(15)16/h4-7H,1-3H3,(H,13,14)(H,15,16). The Morgan fingerprint density at radius 2 is 2.00 bits per heavy atom. The van der Waals surface area contributed by atoms with Crippen LogP contribution >= 0.6 is 0 Å². The number of carboxylic acids is 1. The van der Waals surface area contributed by atoms with Gasteiger partial charge in [0.15, 0.2) is 0 Å². The van der Waals surface area contributed by atoms with E-state index in [1.54, 1.807) is 12.1 Å². The fraction of sp³-hybridized carbons (Fsp3) is 0.333. The van der Waals surface area contributed by atoms with E-state index in [2.05, 4.69) is 5.32 Å². The van der Waals surface area contributed by atoms with Gasteiger partial charge in [-0.2, -0.15) is 0 Å². The summed E-state index contributed by atoms with van der Waals surface area (Å²) in [6.45, 7) is 4.06. The molecule has 17 heavy (non-hydrogen) atoms. The van der Waals surface area contributed by atoms with E-state index in [0.29, 0.717) is 17.4 Å². The van der Waals surface area contributed by atoms with Crippen LogP contribution < -0.4 is 10.1 Å². The van der Waals surface area contributed by atoms with E-state index in [9.17, 15) is 9.59 Å². The van der Waals surface area contributed by atoms with Crippen molar-refractivity contribution in [1.29, 1.82) is 0 Å². The van der Waals surface area contributed by atoms with Gasteiger partial charge in [0.2, 0.25) is 0 Å². The van der Waals surface area contributed by atoms with Gasteiger partial charge in [0, 0.05) is 0 Å². The van der Waals surface area contributed by atoms with Crippen molar-refractivity contribution < 1.29 is 19.4 Å². The number of carbonyl (C=O) groups is 2. The molecule has 0 saturated carbocycles. The molecule has 1 amide bonds. The van der Waals surface area contributed by atoms with Gasteiger partial charge in [-0.3, -0.25) is 4.79 Å². The minimum Gasteiger partial charge on any atom is -0.495 e. The summed E-state index contributed by atoms with van der Waals surface area (Å²) < 4.78 is 5.11. The van der Waals surface area contributed by atoms with Crippen LogP contribution in [0.4, 0.5) is 5.69 Å². The van der Waals surface area contributed by atoms with Gasteiger partial charge >= 0.3 is 11.9 Å². The lowest BCUT2D eigenvalue weighted by Gasteiger charge is -2.12. The lowest BCUT2D eigenvalue weighted by atomic mass is 10.0. The summed E-state index contributed by atoms with van der Waals surface area (Å²) in [5.74, 6) is -1.83. The summed E-state index contributed by atoms with van der Waals surface area (Å²) in [5, 5.41) is 10.8. The van der Waals surface area contributed by atoms with Gasteiger partial charge in [0.1, 0.15) is 5.75 Å². The van der Waals surface area contributed by atoms with Crippen LogP contribution in [0.5, 0.6) is 5.75 Å². The Labute approximate surface area is 99.4 Å². The van der Waals surface area contributed by atoms with E-state index < -0.39 is 11.9 Å². The number of hydrogen-bond donors (Lipinski definition) is 2. The number of hydrogen-bond acceptors (Lipinski definition) is 3. The van der Waals surface area contributed by atoms with Gasteiger partial charge in [-0.15, -0.1) is 0 Å². The molecule has 2 N–H and O–H groups in total. The highest BCUT2D eigenvalue weighted by Gasteiger charge is 2.14. The maximum Gasteiger partial charge on any atom is 0.394 e. The second-order valence-corrected chi connectivity index (χ2v) is 3.87. The highest BCUT2D eigenvalue weighted by atomic mass is 16.5. The summed E-state index contributed by atoms with van der Waals surface area (Å²) in [4.78, 5) is 21.5. The average Bonchev–Trinajstić information content (AvgIpc) is 2.28. The maximum atomic E-state index is 11.0. The fourth-order valence-electron chi connectivity index (χ4n) is 1.35. The Morgan fingerprint density at radius 3 is 2.47 bits per heavy atom. The van der Waals surface area contributed by atoms with Gasteiger partial charge < -0.3 is 15.2 Å². The molecule has 92 valence electrons. The lowest BCUT2D eigenvalue weighted by Crippen LogP contribution is -2.22. The van der Waals surface area contributed by atoms with Crippen LogP contribution in [0, 0.1) is 0 Å². The van der Waals surface area contributed by atoms with E-state index >= 15 is 0 Å². The van der Waals surface area contributed by atoms with E-state index in [1.807, 2.05) is 19.9 Å². The molecule has 0 aliphatic heterocycles. The van der Waals surface area contributed by atoms with Gasteiger partial charge in [0.25, 0.3) is 0 Å². The first kappa shape index (κ1) is 13.0. The Hall–Kier alpha value is -2.04. The third kappa shape index (κ3) is 3.21. The smallest absolute Gasteiger partial charge is 0.394 e. The molecular formula is C12H15NO4. The van der Waals surface area contributed by atoms with Crippen molar-refractivity contribution in [2.24, 2.45) is 0 Å². The first-order chi connectivity index (χ1) is 7.95. The Balaban J connectivity index is 3.00. The Bertz CT molecular complexity index is 440. The van der Waals surface area contributed by atoms with Crippen molar-refractivity contribution >= 4 is 17.6 Å². The molecule has 0 saturated heterocycles. The van der Waals surface area contributed by atoms with Crippen molar-refractivity contribution in [2.75, 3.05) is 12.4 Å². The zero-order valence-electron chi connectivity index (χ0n) is 9.98. The summed E-state index contributed by atoms with van der Waals surface area (Å²) in [6, 6.07) is 5.24. The number of ether oxygens (including phenoxy) is 1. The summed E-state index contributed by atoms with van der Waals surface area (Å²) in [7, 11) is 1.47. The van der Waals surface area contributed by atoms with Gasteiger partial charge in [-0.1, -0.05) is 19.9 Å². The van der Waals surface area contributed by atoms with Gasteiger partial charge in [-0.25, -0.2) is 4.79 Å². The number of nitrogens with one attached hydrogen (secondary N) is 1. The lowest BCUT2D eigenvalue weighted by molar-refractivity contribution is -0.147. The molecule has 0 aliphatic carbocycles. The number of carbonyl (C=O) groups excluding carboxylic acids is 1. The first-order valence-corrected chi connectivity index (χ1v) is 5.18. The third-order valence-corrected chi connectivity index (χ3v) is 2.33. The van der Waals surface area contributed by atoms with E-state index in [-0.39, 0.29) is 0 Å². The topological polar surface area (TPSA) is 75.6 Å². The SMILES string of the molecule is COc1cc(C(C)C)ccc1NC(=O)C(=O)O. The predicted octanol–water partition coefficient (Wildman–Crippen LogP) is 1.84. The van der Waals surface area contributed by atoms with Gasteiger partial charge in [0.05, 0.1) is 12.8 Å². The van der Waals surface area contributed by atoms with Crippen molar-refractivity contribution in [3.8, 4) is 5.75 Å². The van der Waals surface area contributed by atoms with Crippen LogP contribution in [0.1, 0.15) is 25.3 Å². The van der Waals surface area contributed by atoms with E-state index in [4.69, 9.17) is 9.84 Å². The second-order valence-electron chi connectivity index (χ2n) is 3.87. The monoisotopic (exact) mass is 237 g/mol. The molecule has 0 fully saturated rings. The van der Waals surface area contributed by atoms with E-state index in [1.165, 1.54) is 7.11 Å². The highest BCUT2D eigenvalue weighted by Crippen LogP contribution is 2.28.